The molecule has 0 unspecified atom stereocenters. The molecule has 0 saturated carbocycles. The number of rotatable bonds is 5. The lowest BCUT2D eigenvalue weighted by atomic mass is 10.1. The monoisotopic (exact) mass is 376 g/mol. The van der Waals surface area contributed by atoms with Crippen LogP contribution in [-0.4, -0.2) is 34.4 Å². The Kier molecular flexibility index (Phi) is 6.13. The van der Waals surface area contributed by atoms with Crippen LogP contribution in [0, 0.1) is 0 Å². The van der Waals surface area contributed by atoms with E-state index >= 15 is 0 Å². The highest BCUT2D eigenvalue weighted by atomic mass is 35.5. The fourth-order valence-corrected chi connectivity index (χ4v) is 3.22. The van der Waals surface area contributed by atoms with E-state index in [2.05, 4.69) is 5.32 Å². The standard InChI is InChI=1S/C19H21ClN2O2S/c20-15-7-9-16(10-8-15)21-19(25)22(13-17-5-3-11-24-17)12-14-4-1-2-6-18(14)23/h1-2,4,6-10,17,23H,3,5,11-13H2,(H,21,25)/t17-/m0/s1. The lowest BCUT2D eigenvalue weighted by Gasteiger charge is -2.28. The smallest absolute Gasteiger partial charge is 0.173 e. The molecule has 1 saturated heterocycles. The van der Waals surface area contributed by atoms with Crippen molar-refractivity contribution >= 4 is 34.6 Å². The second kappa shape index (κ2) is 8.52. The minimum absolute atomic E-state index is 0.163. The van der Waals surface area contributed by atoms with Gasteiger partial charge in [0, 0.05) is 36.0 Å². The number of anilines is 1. The van der Waals surface area contributed by atoms with Gasteiger partial charge in [0.2, 0.25) is 0 Å². The van der Waals surface area contributed by atoms with Crippen molar-refractivity contribution in [3.05, 3.63) is 59.1 Å². The van der Waals surface area contributed by atoms with Gasteiger partial charge in [0.1, 0.15) is 5.75 Å². The number of benzene rings is 2. The highest BCUT2D eigenvalue weighted by Gasteiger charge is 2.22. The summed E-state index contributed by atoms with van der Waals surface area (Å²) in [5.41, 5.74) is 1.71. The van der Waals surface area contributed by atoms with Crippen molar-refractivity contribution < 1.29 is 9.84 Å². The molecule has 4 nitrogen and oxygen atoms in total. The van der Waals surface area contributed by atoms with Crippen LogP contribution in [0.3, 0.4) is 0 Å². The highest BCUT2D eigenvalue weighted by molar-refractivity contribution is 7.80. The van der Waals surface area contributed by atoms with Gasteiger partial charge in [-0.15, -0.1) is 0 Å². The van der Waals surface area contributed by atoms with E-state index < -0.39 is 0 Å². The minimum atomic E-state index is 0.163. The van der Waals surface area contributed by atoms with Gasteiger partial charge < -0.3 is 20.1 Å². The molecule has 3 rings (SSSR count). The van der Waals surface area contributed by atoms with Crippen LogP contribution in [0.2, 0.25) is 5.02 Å². The summed E-state index contributed by atoms with van der Waals surface area (Å²) in [5, 5.41) is 14.6. The molecule has 2 aromatic rings. The summed E-state index contributed by atoms with van der Waals surface area (Å²) in [6, 6.07) is 14.7. The van der Waals surface area contributed by atoms with E-state index in [0.29, 0.717) is 23.2 Å². The molecule has 2 N–H and O–H groups in total. The van der Waals surface area contributed by atoms with Crippen molar-refractivity contribution in [3.63, 3.8) is 0 Å². The van der Waals surface area contributed by atoms with Crippen LogP contribution in [0.25, 0.3) is 0 Å². The fourth-order valence-electron chi connectivity index (χ4n) is 2.84. The van der Waals surface area contributed by atoms with Crippen molar-refractivity contribution in [2.45, 2.75) is 25.5 Å². The molecule has 1 aliphatic rings. The first-order chi connectivity index (χ1) is 12.1. The number of para-hydroxylation sites is 1. The molecule has 0 aromatic heterocycles. The van der Waals surface area contributed by atoms with Crippen LogP contribution in [0.5, 0.6) is 5.75 Å². The van der Waals surface area contributed by atoms with E-state index in [9.17, 15) is 5.11 Å². The number of thiocarbonyl (C=S) groups is 1. The third-order valence-electron chi connectivity index (χ3n) is 4.18. The highest BCUT2D eigenvalue weighted by Crippen LogP contribution is 2.21. The van der Waals surface area contributed by atoms with Gasteiger partial charge in [-0.2, -0.15) is 0 Å². The zero-order valence-corrected chi connectivity index (χ0v) is 15.4. The SMILES string of the molecule is Oc1ccccc1CN(C[C@@H]1CCCO1)C(=S)Nc1ccc(Cl)cc1. The summed E-state index contributed by atoms with van der Waals surface area (Å²) in [4.78, 5) is 2.04. The third-order valence-corrected chi connectivity index (χ3v) is 4.80. The van der Waals surface area contributed by atoms with Gasteiger partial charge in [-0.05, 0) is 55.4 Å². The molecule has 1 heterocycles. The maximum Gasteiger partial charge on any atom is 0.173 e. The Morgan fingerprint density at radius 3 is 2.68 bits per heavy atom. The molecule has 1 aliphatic heterocycles. The molecule has 1 atom stereocenters. The molecule has 0 radical (unpaired) electrons. The summed E-state index contributed by atoms with van der Waals surface area (Å²) in [7, 11) is 0. The number of halogens is 1. The molecule has 1 fully saturated rings. The Morgan fingerprint density at radius 2 is 2.00 bits per heavy atom. The largest absolute Gasteiger partial charge is 0.508 e. The number of nitrogens with one attached hydrogen (secondary N) is 1. The molecular weight excluding hydrogens is 356 g/mol. The first-order valence-electron chi connectivity index (χ1n) is 8.32. The number of phenolic OH excluding ortho intramolecular Hbond substituents is 1. The Bertz CT molecular complexity index is 718. The van der Waals surface area contributed by atoms with Crippen LogP contribution >= 0.6 is 23.8 Å². The van der Waals surface area contributed by atoms with Gasteiger partial charge in [-0.25, -0.2) is 0 Å². The fraction of sp³-hybridized carbons (Fsp3) is 0.316. The molecule has 2 aromatic carbocycles. The summed E-state index contributed by atoms with van der Waals surface area (Å²) < 4.78 is 5.76. The number of hydrogen-bond donors (Lipinski definition) is 2. The zero-order valence-electron chi connectivity index (χ0n) is 13.8. The van der Waals surface area contributed by atoms with Crippen LogP contribution in [0.15, 0.2) is 48.5 Å². The number of nitrogens with zero attached hydrogens (tertiary/aromatic N) is 1. The maximum absolute atomic E-state index is 10.1. The van der Waals surface area contributed by atoms with Crippen molar-refractivity contribution in [2.75, 3.05) is 18.5 Å². The van der Waals surface area contributed by atoms with Gasteiger partial charge in [-0.1, -0.05) is 29.8 Å². The molecule has 0 spiro atoms. The van der Waals surface area contributed by atoms with Gasteiger partial charge in [0.25, 0.3) is 0 Å². The molecule has 132 valence electrons. The Hall–Kier alpha value is -1.82. The Balaban J connectivity index is 1.73. The average Bonchev–Trinajstić information content (AvgIpc) is 3.11. The van der Waals surface area contributed by atoms with E-state index in [4.69, 9.17) is 28.6 Å². The van der Waals surface area contributed by atoms with Crippen LogP contribution in [-0.2, 0) is 11.3 Å². The third kappa shape index (κ3) is 5.08. The van der Waals surface area contributed by atoms with Crippen LogP contribution in [0.4, 0.5) is 5.69 Å². The van der Waals surface area contributed by atoms with E-state index in [1.807, 2.05) is 47.4 Å². The summed E-state index contributed by atoms with van der Waals surface area (Å²) in [6.07, 6.45) is 2.27. The number of ether oxygens (including phenoxy) is 1. The molecular formula is C19H21ClN2O2S. The second-order valence-electron chi connectivity index (χ2n) is 6.08. The quantitative estimate of drug-likeness (QED) is 0.756. The molecule has 0 bridgehead atoms. The average molecular weight is 377 g/mol. The topological polar surface area (TPSA) is 44.7 Å². The van der Waals surface area contributed by atoms with Crippen molar-refractivity contribution in [2.24, 2.45) is 0 Å². The first kappa shape index (κ1) is 18.0. The lowest BCUT2D eigenvalue weighted by molar-refractivity contribution is 0.0904. The van der Waals surface area contributed by atoms with E-state index in [-0.39, 0.29) is 11.9 Å². The normalized spacial score (nSPS) is 16.6. The number of aromatic hydroxyl groups is 1. The minimum Gasteiger partial charge on any atom is -0.508 e. The molecule has 0 amide bonds. The van der Waals surface area contributed by atoms with Crippen LogP contribution in [0.1, 0.15) is 18.4 Å². The molecule has 6 heteroatoms. The van der Waals surface area contributed by atoms with Gasteiger partial charge >= 0.3 is 0 Å². The molecule has 25 heavy (non-hydrogen) atoms. The van der Waals surface area contributed by atoms with Crippen LogP contribution < -0.4 is 5.32 Å². The van der Waals surface area contributed by atoms with E-state index in [1.54, 1.807) is 6.07 Å². The lowest BCUT2D eigenvalue weighted by Crippen LogP contribution is -2.39. The first-order valence-corrected chi connectivity index (χ1v) is 9.10. The predicted molar refractivity (Wildman–Crippen MR) is 105 cm³/mol. The van der Waals surface area contributed by atoms with E-state index in [1.165, 1.54) is 0 Å². The zero-order chi connectivity index (χ0) is 17.6. The van der Waals surface area contributed by atoms with Crippen molar-refractivity contribution in [1.29, 1.82) is 0 Å². The number of hydrogen-bond acceptors (Lipinski definition) is 3. The van der Waals surface area contributed by atoms with Gasteiger partial charge in [-0.3, -0.25) is 0 Å². The number of phenols is 1. The summed E-state index contributed by atoms with van der Waals surface area (Å²) in [5.74, 6) is 0.272. The van der Waals surface area contributed by atoms with E-state index in [0.717, 1.165) is 30.7 Å². The molecule has 0 aliphatic carbocycles. The van der Waals surface area contributed by atoms with Crippen molar-refractivity contribution in [1.82, 2.24) is 4.90 Å². The Labute approximate surface area is 158 Å². The van der Waals surface area contributed by atoms with Gasteiger partial charge in [0.15, 0.2) is 5.11 Å². The van der Waals surface area contributed by atoms with Gasteiger partial charge in [0.05, 0.1) is 6.10 Å². The summed E-state index contributed by atoms with van der Waals surface area (Å²) >= 11 is 11.5. The predicted octanol–water partition coefficient (Wildman–Crippen LogP) is 4.42. The maximum atomic E-state index is 10.1. The summed E-state index contributed by atoms with van der Waals surface area (Å²) in [6.45, 7) is 2.01. The second-order valence-corrected chi connectivity index (χ2v) is 6.90. The van der Waals surface area contributed by atoms with Crippen molar-refractivity contribution in [3.8, 4) is 5.75 Å². The Morgan fingerprint density at radius 1 is 1.24 bits per heavy atom.